The van der Waals surface area contributed by atoms with Crippen LogP contribution >= 0.6 is 0 Å². The monoisotopic (exact) mass is 634 g/mol. The van der Waals surface area contributed by atoms with Crippen molar-refractivity contribution in [3.8, 4) is 33.4 Å². The second kappa shape index (κ2) is 11.7. The first-order valence-corrected chi connectivity index (χ1v) is 17.7. The summed E-state index contributed by atoms with van der Waals surface area (Å²) < 4.78 is 0. The fraction of sp³-hybridized carbons (Fsp3) is 0.0400. The standard InChI is InChI=1S/C50H34/c1-3-14-33(15-4-1)38-29-39(34-16-5-2-6-17-34)31-40(30-38)49-44-20-9-11-22-46(44)50(47-23-12-10-21-45(47)49)43-25-13-24-41-42(43)27-26-37-28-35-18-7-8-19-36(35)32-48(37)41/h1,3-5,7-32H,2,6H2. The van der Waals surface area contributed by atoms with Crippen LogP contribution in [0, 0.1) is 0 Å². The van der Waals surface area contributed by atoms with Crippen molar-refractivity contribution in [2.45, 2.75) is 12.8 Å². The van der Waals surface area contributed by atoms with Crippen LogP contribution in [0.1, 0.15) is 18.4 Å². The normalized spacial score (nSPS) is 13.1. The second-order valence-electron chi connectivity index (χ2n) is 13.5. The van der Waals surface area contributed by atoms with E-state index < -0.39 is 0 Å². The molecular formula is C50H34. The molecule has 0 amide bonds. The third kappa shape index (κ3) is 4.68. The Morgan fingerprint density at radius 3 is 1.66 bits per heavy atom. The Kier molecular flexibility index (Phi) is 6.74. The summed E-state index contributed by atoms with van der Waals surface area (Å²) in [6.45, 7) is 0. The second-order valence-corrected chi connectivity index (χ2v) is 13.5. The highest BCUT2D eigenvalue weighted by Gasteiger charge is 2.20. The maximum absolute atomic E-state index is 2.41. The van der Waals surface area contributed by atoms with Crippen LogP contribution in [0.3, 0.4) is 0 Å². The SMILES string of the molecule is C1=CC(c2cc(-c3ccccc3)cc(-c3c4ccccc4c(-c4cccc5c4ccc4cc6ccccc6cc45)c4ccccc34)c2)=CCC1. The molecule has 0 saturated heterocycles. The molecule has 0 radical (unpaired) electrons. The zero-order valence-electron chi connectivity index (χ0n) is 27.7. The van der Waals surface area contributed by atoms with Gasteiger partial charge >= 0.3 is 0 Å². The van der Waals surface area contributed by atoms with Crippen molar-refractivity contribution >= 4 is 59.4 Å². The molecule has 9 aromatic rings. The smallest absolute Gasteiger partial charge is 0.00201 e. The van der Waals surface area contributed by atoms with Gasteiger partial charge in [0.25, 0.3) is 0 Å². The van der Waals surface area contributed by atoms with Crippen LogP contribution < -0.4 is 0 Å². The maximum Gasteiger partial charge on any atom is -0.00201 e. The van der Waals surface area contributed by atoms with E-state index in [9.17, 15) is 0 Å². The summed E-state index contributed by atoms with van der Waals surface area (Å²) in [6, 6.07) is 60.9. The number of fused-ring (bicyclic) bond motifs is 6. The summed E-state index contributed by atoms with van der Waals surface area (Å²) in [6.07, 6.45) is 9.17. The van der Waals surface area contributed by atoms with Gasteiger partial charge in [-0.15, -0.1) is 0 Å². The van der Waals surface area contributed by atoms with Crippen molar-refractivity contribution in [3.05, 3.63) is 188 Å². The highest BCUT2D eigenvalue weighted by Crippen LogP contribution is 2.47. The van der Waals surface area contributed by atoms with E-state index >= 15 is 0 Å². The minimum absolute atomic E-state index is 1.08. The molecule has 0 spiro atoms. The van der Waals surface area contributed by atoms with Gasteiger partial charge in [-0.1, -0.05) is 152 Å². The molecule has 0 aromatic heterocycles. The molecule has 10 rings (SSSR count). The maximum atomic E-state index is 2.41. The quantitative estimate of drug-likeness (QED) is 0.133. The summed E-state index contributed by atoms with van der Waals surface area (Å²) in [5, 5.41) is 12.8. The van der Waals surface area contributed by atoms with Crippen LogP contribution in [0.5, 0.6) is 0 Å². The number of allylic oxidation sites excluding steroid dienone is 4. The molecule has 0 fully saturated rings. The van der Waals surface area contributed by atoms with Gasteiger partial charge in [-0.25, -0.2) is 0 Å². The van der Waals surface area contributed by atoms with Gasteiger partial charge in [0.15, 0.2) is 0 Å². The van der Waals surface area contributed by atoms with E-state index in [-0.39, 0.29) is 0 Å². The molecule has 0 heteroatoms. The number of hydrogen-bond donors (Lipinski definition) is 0. The first-order chi connectivity index (χ1) is 24.8. The topological polar surface area (TPSA) is 0 Å². The zero-order chi connectivity index (χ0) is 33.0. The Labute approximate surface area is 292 Å². The molecule has 0 N–H and O–H groups in total. The summed E-state index contributed by atoms with van der Waals surface area (Å²) in [7, 11) is 0. The summed E-state index contributed by atoms with van der Waals surface area (Å²) in [4.78, 5) is 0. The van der Waals surface area contributed by atoms with E-state index in [1.165, 1.54) is 98.4 Å². The third-order valence-electron chi connectivity index (χ3n) is 10.6. The average Bonchev–Trinajstić information content (AvgIpc) is 3.19. The van der Waals surface area contributed by atoms with Gasteiger partial charge in [0.2, 0.25) is 0 Å². The third-order valence-corrected chi connectivity index (χ3v) is 10.6. The molecule has 0 nitrogen and oxygen atoms in total. The zero-order valence-corrected chi connectivity index (χ0v) is 27.7. The van der Waals surface area contributed by atoms with Gasteiger partial charge in [0.05, 0.1) is 0 Å². The fourth-order valence-electron chi connectivity index (χ4n) is 8.29. The van der Waals surface area contributed by atoms with Crippen LogP contribution in [0.25, 0.3) is 92.8 Å². The van der Waals surface area contributed by atoms with Crippen molar-refractivity contribution in [1.29, 1.82) is 0 Å². The highest BCUT2D eigenvalue weighted by molar-refractivity contribution is 6.25. The molecule has 0 bridgehead atoms. The Hall–Kier alpha value is -6.24. The average molecular weight is 635 g/mol. The minimum atomic E-state index is 1.08. The molecule has 50 heavy (non-hydrogen) atoms. The number of benzene rings is 9. The first kappa shape index (κ1) is 28.7. The van der Waals surface area contributed by atoms with E-state index in [1.54, 1.807) is 0 Å². The fourth-order valence-corrected chi connectivity index (χ4v) is 8.29. The lowest BCUT2D eigenvalue weighted by Crippen LogP contribution is -1.94. The largest absolute Gasteiger partial charge is 0.0836 e. The predicted molar refractivity (Wildman–Crippen MR) is 217 cm³/mol. The number of rotatable bonds is 4. The molecule has 0 aliphatic heterocycles. The molecule has 0 heterocycles. The van der Waals surface area contributed by atoms with E-state index in [0.29, 0.717) is 0 Å². The van der Waals surface area contributed by atoms with Crippen LogP contribution in [-0.2, 0) is 0 Å². The highest BCUT2D eigenvalue weighted by atomic mass is 14.2. The summed E-state index contributed by atoms with van der Waals surface area (Å²) in [5.41, 5.74) is 10.1. The van der Waals surface area contributed by atoms with Crippen molar-refractivity contribution in [3.63, 3.8) is 0 Å². The van der Waals surface area contributed by atoms with Gasteiger partial charge in [-0.3, -0.25) is 0 Å². The molecule has 0 saturated carbocycles. The van der Waals surface area contributed by atoms with Crippen LogP contribution in [0.15, 0.2) is 182 Å². The predicted octanol–water partition coefficient (Wildman–Crippen LogP) is 14.2. The van der Waals surface area contributed by atoms with E-state index in [0.717, 1.165) is 12.8 Å². The minimum Gasteiger partial charge on any atom is -0.0836 e. The van der Waals surface area contributed by atoms with Gasteiger partial charge in [0, 0.05) is 0 Å². The number of hydrogen-bond acceptors (Lipinski definition) is 0. The Bertz CT molecular complexity index is 2790. The van der Waals surface area contributed by atoms with Crippen molar-refractivity contribution in [1.82, 2.24) is 0 Å². The van der Waals surface area contributed by atoms with Gasteiger partial charge in [-0.05, 0) is 142 Å². The lowest BCUT2D eigenvalue weighted by molar-refractivity contribution is 1.04. The van der Waals surface area contributed by atoms with Gasteiger partial charge in [0.1, 0.15) is 0 Å². The van der Waals surface area contributed by atoms with Gasteiger partial charge in [-0.2, -0.15) is 0 Å². The van der Waals surface area contributed by atoms with Crippen LogP contribution in [0.2, 0.25) is 0 Å². The molecule has 1 aliphatic rings. The Morgan fingerprint density at radius 2 is 0.940 bits per heavy atom. The molecule has 9 aromatic carbocycles. The van der Waals surface area contributed by atoms with Crippen molar-refractivity contribution < 1.29 is 0 Å². The molecular weight excluding hydrogens is 601 g/mol. The van der Waals surface area contributed by atoms with Crippen LogP contribution in [-0.4, -0.2) is 0 Å². The molecule has 1 aliphatic carbocycles. The molecule has 234 valence electrons. The van der Waals surface area contributed by atoms with Crippen molar-refractivity contribution in [2.24, 2.45) is 0 Å². The first-order valence-electron chi connectivity index (χ1n) is 17.7. The lowest BCUT2D eigenvalue weighted by Gasteiger charge is -2.20. The van der Waals surface area contributed by atoms with Crippen molar-refractivity contribution in [2.75, 3.05) is 0 Å². The Balaban J connectivity index is 1.28. The van der Waals surface area contributed by atoms with Crippen LogP contribution in [0.4, 0.5) is 0 Å². The Morgan fingerprint density at radius 1 is 0.320 bits per heavy atom. The van der Waals surface area contributed by atoms with E-state index in [1.807, 2.05) is 0 Å². The summed E-state index contributed by atoms with van der Waals surface area (Å²) >= 11 is 0. The molecule has 0 atom stereocenters. The van der Waals surface area contributed by atoms with Gasteiger partial charge < -0.3 is 0 Å². The lowest BCUT2D eigenvalue weighted by atomic mass is 9.83. The van der Waals surface area contributed by atoms with E-state index in [4.69, 9.17) is 0 Å². The van der Waals surface area contributed by atoms with E-state index in [2.05, 4.69) is 182 Å². The molecule has 0 unspecified atom stereocenters. The summed E-state index contributed by atoms with van der Waals surface area (Å²) in [5.74, 6) is 0.